The zero-order valence-electron chi connectivity index (χ0n) is 42.3. The van der Waals surface area contributed by atoms with Gasteiger partial charge in [0, 0.05) is 69.8 Å². The Morgan fingerprint density at radius 3 is 0.905 bits per heavy atom. The van der Waals surface area contributed by atoms with Gasteiger partial charge in [-0.05, 0) is 222 Å². The summed E-state index contributed by atoms with van der Waals surface area (Å²) in [6.07, 6.45) is 14.4. The molecule has 0 saturated carbocycles. The van der Waals surface area contributed by atoms with Crippen molar-refractivity contribution in [1.82, 2.24) is 0 Å². The van der Waals surface area contributed by atoms with Crippen molar-refractivity contribution in [2.75, 3.05) is 47.6 Å². The molecule has 0 N–H and O–H groups in total. The lowest BCUT2D eigenvalue weighted by molar-refractivity contribution is 0.108. The van der Waals surface area contributed by atoms with E-state index < -0.39 is 14.3 Å². The third-order valence-corrected chi connectivity index (χ3v) is 26.4. The first-order chi connectivity index (χ1) is 35.0. The fourth-order valence-corrected chi connectivity index (χ4v) is 18.0. The lowest BCUT2D eigenvalue weighted by atomic mass is 9.71. The molecule has 2 nitrogen and oxygen atoms in total. The van der Waals surface area contributed by atoms with Gasteiger partial charge in [0.1, 0.15) is 0 Å². The molecule has 0 spiro atoms. The van der Waals surface area contributed by atoms with Crippen molar-refractivity contribution in [1.29, 1.82) is 0 Å². The largest absolute Gasteiger partial charge is 0.324 e. The fourth-order valence-electron chi connectivity index (χ4n) is 11.5. The van der Waals surface area contributed by atoms with Gasteiger partial charge in [0.25, 0.3) is 0 Å². The standard InChI is InChI=1S/C27H38Br2O2P2.C19H18Br4.C13H8Br2.F2.FH/c1-5-32(30,6-2)17-9-15-27(16-10-18-33(31,7-3)8-4)25-19-21(28)11-13-23(25)24-14-12-22(29)20-26(24)27;20-9-1-7-19(8-2-10-21)17-11-13(22)3-5-15(17)16-6-4-14(23)12-18(16)19;14-10-1-3-12-8(6-10)5-9-7-11(15)2-4-13(9)12;1-2;/h11-14,19-20H,5-10,15-18H2,1-4H3;3-6,11-12H,1-2,7-10H2;1-4,6-7H,5H2;;1H. The Bertz CT molecular complexity index is 2760. The summed E-state index contributed by atoms with van der Waals surface area (Å²) in [5.41, 5.74) is 16.7. The summed E-state index contributed by atoms with van der Waals surface area (Å²) >= 11 is 29.1. The topological polar surface area (TPSA) is 34.1 Å². The minimum Gasteiger partial charge on any atom is -0.324 e. The highest BCUT2D eigenvalue weighted by Crippen LogP contribution is 2.58. The average Bonchev–Trinajstić information content (AvgIpc) is 3.97. The van der Waals surface area contributed by atoms with Gasteiger partial charge in [-0.2, -0.15) is 0 Å². The number of halogens is 11. The van der Waals surface area contributed by atoms with Crippen molar-refractivity contribution in [2.24, 2.45) is 0 Å². The van der Waals surface area contributed by atoms with Crippen molar-refractivity contribution in [3.05, 3.63) is 169 Å². The van der Waals surface area contributed by atoms with E-state index >= 15 is 0 Å². The minimum absolute atomic E-state index is 0. The lowest BCUT2D eigenvalue weighted by Crippen LogP contribution is -2.26. The maximum absolute atomic E-state index is 13.2. The SMILES string of the molecule is BrCCCC1(CCCBr)c2cc(Br)ccc2-c2ccc(Br)cc21.Brc1ccc2c(c1)Cc1cc(Br)ccc1-2.CCP(=O)(CC)CCCC1(CCCP(=O)(CC)CC)c2cc(Br)ccc2-c2ccc(Br)cc21.F.FF. The van der Waals surface area contributed by atoms with Gasteiger partial charge in [0.05, 0.1) is 14.3 Å². The molecule has 3 aliphatic carbocycles. The van der Waals surface area contributed by atoms with Crippen LogP contribution in [0.5, 0.6) is 0 Å². The molecule has 0 atom stereocenters. The van der Waals surface area contributed by atoms with E-state index in [1.807, 2.05) is 0 Å². The van der Waals surface area contributed by atoms with Crippen LogP contribution in [0.15, 0.2) is 136 Å². The summed E-state index contributed by atoms with van der Waals surface area (Å²) in [6.45, 7) is 8.28. The van der Waals surface area contributed by atoms with Crippen molar-refractivity contribution in [3.63, 3.8) is 0 Å². The summed E-state index contributed by atoms with van der Waals surface area (Å²) in [4.78, 5) is 0. The van der Waals surface area contributed by atoms with Crippen LogP contribution in [-0.2, 0) is 26.4 Å². The molecule has 0 bridgehead atoms. The highest BCUT2D eigenvalue weighted by atomic mass is 79.9. The number of rotatable bonds is 18. The van der Waals surface area contributed by atoms with Gasteiger partial charge in [0.2, 0.25) is 0 Å². The first-order valence-corrected chi connectivity index (χ1v) is 36.7. The molecular formula is C59H65Br8F3O2P2. The minimum atomic E-state index is -2.08. The van der Waals surface area contributed by atoms with E-state index in [1.54, 1.807) is 0 Å². The molecule has 3 aliphatic rings. The second-order valence-corrected chi connectivity index (χ2v) is 34.1. The van der Waals surface area contributed by atoms with Crippen LogP contribution in [0.1, 0.15) is 112 Å². The molecule has 0 heterocycles. The summed E-state index contributed by atoms with van der Waals surface area (Å²) in [5, 5.41) is 2.10. The number of hydrogen-bond donors (Lipinski definition) is 0. The average molecular weight is 1560 g/mol. The Labute approximate surface area is 506 Å². The van der Waals surface area contributed by atoms with Crippen LogP contribution in [0.3, 0.4) is 0 Å². The molecule has 0 radical (unpaired) electrons. The molecule has 0 aromatic heterocycles. The molecule has 6 aromatic rings. The first kappa shape index (κ1) is 64.2. The van der Waals surface area contributed by atoms with Crippen molar-refractivity contribution in [2.45, 2.75) is 96.3 Å². The second-order valence-electron chi connectivity index (χ2n) is 19.3. The quantitative estimate of drug-likeness (QED) is 0.0634. The smallest absolute Gasteiger partial charge is 0.0872 e. The molecule has 0 aliphatic heterocycles. The third kappa shape index (κ3) is 14.7. The maximum atomic E-state index is 13.2. The molecule has 0 fully saturated rings. The molecule has 9 rings (SSSR count). The Morgan fingerprint density at radius 1 is 0.405 bits per heavy atom. The van der Waals surface area contributed by atoms with Gasteiger partial charge < -0.3 is 9.13 Å². The number of alkyl halides is 2. The number of hydrogen-bond acceptors (Lipinski definition) is 2. The Hall–Kier alpha value is -0.590. The van der Waals surface area contributed by atoms with Crippen molar-refractivity contribution < 1.29 is 23.0 Å². The zero-order valence-corrected chi connectivity index (χ0v) is 56.8. The molecule has 0 amide bonds. The van der Waals surface area contributed by atoms with Crippen molar-refractivity contribution in [3.8, 4) is 33.4 Å². The van der Waals surface area contributed by atoms with Crippen LogP contribution in [0.25, 0.3) is 33.4 Å². The molecule has 0 saturated heterocycles. The van der Waals surface area contributed by atoms with Crippen LogP contribution < -0.4 is 0 Å². The van der Waals surface area contributed by atoms with Gasteiger partial charge in [-0.25, -0.2) is 0 Å². The number of benzene rings is 6. The van der Waals surface area contributed by atoms with Gasteiger partial charge in [0.15, 0.2) is 0 Å². The Morgan fingerprint density at radius 2 is 0.649 bits per heavy atom. The van der Waals surface area contributed by atoms with E-state index in [1.165, 1.54) is 101 Å². The van der Waals surface area contributed by atoms with Gasteiger partial charge in [-0.3, -0.25) is 4.70 Å². The molecule has 6 aromatic carbocycles. The Balaban J connectivity index is 0.000000214. The summed E-state index contributed by atoms with van der Waals surface area (Å²) in [7, 11) is -4.16. The first-order valence-electron chi connectivity index (χ1n) is 25.2. The highest BCUT2D eigenvalue weighted by molar-refractivity contribution is 9.11. The van der Waals surface area contributed by atoms with E-state index in [0.29, 0.717) is 0 Å². The lowest BCUT2D eigenvalue weighted by Gasteiger charge is -2.34. The van der Waals surface area contributed by atoms with Crippen LogP contribution in [0.4, 0.5) is 13.9 Å². The van der Waals surface area contributed by atoms with Crippen LogP contribution in [0.2, 0.25) is 0 Å². The van der Waals surface area contributed by atoms with Crippen LogP contribution >= 0.6 is 142 Å². The monoisotopic (exact) mass is 1560 g/mol. The second kappa shape index (κ2) is 29.2. The van der Waals surface area contributed by atoms with E-state index in [2.05, 4.69) is 264 Å². The van der Waals surface area contributed by atoms with Crippen molar-refractivity contribution >= 4 is 142 Å². The van der Waals surface area contributed by atoms with Gasteiger partial charge in [-0.1, -0.05) is 192 Å². The Kier molecular flexibility index (Phi) is 25.4. The predicted octanol–water partition coefficient (Wildman–Crippen LogP) is 23.4. The van der Waals surface area contributed by atoms with Crippen LogP contribution in [-0.4, -0.2) is 47.6 Å². The molecule has 74 heavy (non-hydrogen) atoms. The predicted molar refractivity (Wildman–Crippen MR) is 343 cm³/mol. The maximum Gasteiger partial charge on any atom is 0.0872 e. The summed E-state index contributed by atoms with van der Waals surface area (Å²) in [5.74, 6) is 0. The normalized spacial score (nSPS) is 13.8. The third-order valence-electron chi connectivity index (χ3n) is 15.5. The zero-order chi connectivity index (χ0) is 53.1. The molecule has 15 heteroatoms. The molecule has 400 valence electrons. The van der Waals surface area contributed by atoms with E-state index in [0.717, 1.165) is 97.6 Å². The van der Waals surface area contributed by atoms with E-state index in [4.69, 9.17) is 9.15 Å². The fraction of sp³-hybridized carbons (Fsp3) is 0.390. The molecule has 0 unspecified atom stereocenters. The highest BCUT2D eigenvalue weighted by Gasteiger charge is 2.44. The molecular weight excluding hydrogens is 1500 g/mol. The van der Waals surface area contributed by atoms with Gasteiger partial charge >= 0.3 is 0 Å². The van der Waals surface area contributed by atoms with Gasteiger partial charge in [-0.15, -0.1) is 0 Å². The summed E-state index contributed by atoms with van der Waals surface area (Å²) in [6, 6.07) is 39.9. The number of fused-ring (bicyclic) bond motifs is 9. The van der Waals surface area contributed by atoms with E-state index in [9.17, 15) is 9.13 Å². The van der Waals surface area contributed by atoms with E-state index in [-0.39, 0.29) is 15.5 Å². The van der Waals surface area contributed by atoms with Crippen LogP contribution in [0, 0.1) is 0 Å². The summed E-state index contributed by atoms with van der Waals surface area (Å²) < 4.78 is 49.3.